The fourth-order valence-corrected chi connectivity index (χ4v) is 2.83. The second-order valence-electron chi connectivity index (χ2n) is 6.34. The summed E-state index contributed by atoms with van der Waals surface area (Å²) in [5, 5.41) is 1.80. The van der Waals surface area contributed by atoms with Gasteiger partial charge in [0, 0.05) is 0 Å². The molecule has 148 valence electrons. The van der Waals surface area contributed by atoms with Crippen LogP contribution in [0.2, 0.25) is 0 Å². The third-order valence-electron chi connectivity index (χ3n) is 4.29. The quantitative estimate of drug-likeness (QED) is 0.577. The zero-order chi connectivity index (χ0) is 21.1. The van der Waals surface area contributed by atoms with Crippen LogP contribution < -0.4 is 11.1 Å². The monoisotopic (exact) mass is 395 g/mol. The minimum absolute atomic E-state index is 0.00909. The number of nitrogens with zero attached hydrogens (tertiary/aromatic N) is 1. The third kappa shape index (κ3) is 4.13. The Labute approximate surface area is 165 Å². The summed E-state index contributed by atoms with van der Waals surface area (Å²) in [5.74, 6) is -2.75. The summed E-state index contributed by atoms with van der Waals surface area (Å²) in [6.07, 6.45) is -1.28. The van der Waals surface area contributed by atoms with Crippen molar-refractivity contribution < 1.29 is 28.7 Å². The van der Waals surface area contributed by atoms with Crippen molar-refractivity contribution in [2.45, 2.75) is 19.6 Å². The summed E-state index contributed by atoms with van der Waals surface area (Å²) >= 11 is 0. The van der Waals surface area contributed by atoms with E-state index in [1.807, 2.05) is 6.07 Å². The number of urea groups is 1. The molecule has 0 spiro atoms. The van der Waals surface area contributed by atoms with Crippen molar-refractivity contribution in [3.8, 4) is 0 Å². The van der Waals surface area contributed by atoms with Gasteiger partial charge in [0.2, 0.25) is 0 Å². The summed E-state index contributed by atoms with van der Waals surface area (Å²) in [7, 11) is 0. The van der Waals surface area contributed by atoms with Crippen LogP contribution in [0, 0.1) is 0 Å². The molecule has 2 aromatic carbocycles. The maximum Gasteiger partial charge on any atom is 0.338 e. The molecule has 9 heteroatoms. The van der Waals surface area contributed by atoms with Crippen molar-refractivity contribution in [3.05, 3.63) is 70.8 Å². The predicted molar refractivity (Wildman–Crippen MR) is 99.7 cm³/mol. The third-order valence-corrected chi connectivity index (χ3v) is 4.29. The first-order valence-electron chi connectivity index (χ1n) is 8.63. The summed E-state index contributed by atoms with van der Waals surface area (Å²) in [6, 6.07) is 11.9. The summed E-state index contributed by atoms with van der Waals surface area (Å²) in [5.41, 5.74) is 5.89. The molecule has 9 nitrogen and oxygen atoms in total. The zero-order valence-corrected chi connectivity index (χ0v) is 15.4. The van der Waals surface area contributed by atoms with Gasteiger partial charge in [-0.1, -0.05) is 30.3 Å². The molecule has 1 aliphatic rings. The van der Waals surface area contributed by atoms with Gasteiger partial charge in [0.1, 0.15) is 0 Å². The highest BCUT2D eigenvalue weighted by Gasteiger charge is 2.36. The first-order valence-corrected chi connectivity index (χ1v) is 8.63. The Bertz CT molecular complexity index is 1020. The highest BCUT2D eigenvalue weighted by molar-refractivity contribution is 6.21. The van der Waals surface area contributed by atoms with Crippen LogP contribution in [0.15, 0.2) is 48.5 Å². The number of amides is 5. The molecule has 3 rings (SSSR count). The Kier molecular flexibility index (Phi) is 5.40. The van der Waals surface area contributed by atoms with E-state index in [-0.39, 0.29) is 23.2 Å². The normalized spacial score (nSPS) is 13.6. The molecular weight excluding hydrogens is 378 g/mol. The molecule has 1 unspecified atom stereocenters. The molecule has 0 aromatic heterocycles. The van der Waals surface area contributed by atoms with E-state index in [2.05, 4.69) is 0 Å². The van der Waals surface area contributed by atoms with Crippen LogP contribution in [0.5, 0.6) is 0 Å². The van der Waals surface area contributed by atoms with Crippen LogP contribution in [0.25, 0.3) is 0 Å². The van der Waals surface area contributed by atoms with E-state index >= 15 is 0 Å². The van der Waals surface area contributed by atoms with Gasteiger partial charge in [-0.3, -0.25) is 24.6 Å². The number of nitrogens with one attached hydrogen (secondary N) is 1. The van der Waals surface area contributed by atoms with Crippen molar-refractivity contribution in [1.82, 2.24) is 10.2 Å². The van der Waals surface area contributed by atoms with Gasteiger partial charge in [-0.15, -0.1) is 0 Å². The number of ether oxygens (including phenoxy) is 1. The predicted octanol–water partition coefficient (Wildman–Crippen LogP) is 1.22. The van der Waals surface area contributed by atoms with Gasteiger partial charge in [0.25, 0.3) is 17.7 Å². The fourth-order valence-electron chi connectivity index (χ4n) is 2.83. The molecule has 1 atom stereocenters. The molecule has 3 N–H and O–H groups in total. The maximum absolute atomic E-state index is 12.7. The van der Waals surface area contributed by atoms with E-state index in [0.29, 0.717) is 0 Å². The molecule has 0 radical (unpaired) electrons. The van der Waals surface area contributed by atoms with Gasteiger partial charge in [-0.05, 0) is 30.7 Å². The lowest BCUT2D eigenvalue weighted by atomic mass is 10.1. The SMILES string of the molecule is CC(OC(=O)c1ccc2c(c1)C(=O)N(Cc1ccccc1)C2=O)C(=O)NC(N)=O. The fraction of sp³-hybridized carbons (Fsp3) is 0.150. The summed E-state index contributed by atoms with van der Waals surface area (Å²) in [6.45, 7) is 1.37. The van der Waals surface area contributed by atoms with Crippen LogP contribution in [0.1, 0.15) is 43.6 Å². The second-order valence-corrected chi connectivity index (χ2v) is 6.34. The van der Waals surface area contributed by atoms with E-state index in [4.69, 9.17) is 10.5 Å². The Morgan fingerprint density at radius 1 is 1.03 bits per heavy atom. The molecule has 1 heterocycles. The number of fused-ring (bicyclic) bond motifs is 1. The Hall–Kier alpha value is -4.01. The van der Waals surface area contributed by atoms with Gasteiger partial charge in [-0.2, -0.15) is 0 Å². The summed E-state index contributed by atoms with van der Waals surface area (Å²) in [4.78, 5) is 60.9. The molecule has 5 amide bonds. The number of hydrogen-bond donors (Lipinski definition) is 2. The molecule has 0 aliphatic carbocycles. The lowest BCUT2D eigenvalue weighted by Gasteiger charge is -2.13. The van der Waals surface area contributed by atoms with Gasteiger partial charge in [-0.25, -0.2) is 9.59 Å². The lowest BCUT2D eigenvalue weighted by Crippen LogP contribution is -2.42. The first-order chi connectivity index (χ1) is 13.8. The molecule has 0 bridgehead atoms. The zero-order valence-electron chi connectivity index (χ0n) is 15.4. The van der Waals surface area contributed by atoms with Crippen molar-refractivity contribution in [2.75, 3.05) is 0 Å². The number of benzene rings is 2. The van der Waals surface area contributed by atoms with E-state index < -0.39 is 35.8 Å². The standard InChI is InChI=1S/C20H17N3O6/c1-11(16(24)22-20(21)28)29-19(27)13-7-8-14-15(9-13)18(26)23(17(14)25)10-12-5-3-2-4-6-12/h2-9,11H,10H2,1H3,(H3,21,22,24,28). The van der Waals surface area contributed by atoms with Crippen molar-refractivity contribution in [1.29, 1.82) is 0 Å². The highest BCUT2D eigenvalue weighted by atomic mass is 16.5. The number of esters is 1. The number of carbonyl (C=O) groups is 5. The lowest BCUT2D eigenvalue weighted by molar-refractivity contribution is -0.127. The molecular formula is C20H17N3O6. The van der Waals surface area contributed by atoms with Crippen molar-refractivity contribution in [3.63, 3.8) is 0 Å². The van der Waals surface area contributed by atoms with E-state index in [1.54, 1.807) is 29.6 Å². The number of rotatable bonds is 5. The second kappa shape index (κ2) is 7.93. The minimum Gasteiger partial charge on any atom is -0.449 e. The van der Waals surface area contributed by atoms with E-state index in [9.17, 15) is 24.0 Å². The number of imide groups is 2. The first kappa shape index (κ1) is 19.7. The van der Waals surface area contributed by atoms with Crippen LogP contribution in [-0.2, 0) is 16.1 Å². The van der Waals surface area contributed by atoms with Gasteiger partial charge >= 0.3 is 12.0 Å². The van der Waals surface area contributed by atoms with E-state index in [0.717, 1.165) is 10.5 Å². The molecule has 2 aromatic rings. The van der Waals surface area contributed by atoms with Gasteiger partial charge in [0.05, 0.1) is 23.2 Å². The number of hydrogen-bond acceptors (Lipinski definition) is 6. The minimum atomic E-state index is -1.28. The Balaban J connectivity index is 1.76. The average Bonchev–Trinajstić information content (AvgIpc) is 2.92. The van der Waals surface area contributed by atoms with Crippen molar-refractivity contribution in [2.24, 2.45) is 5.73 Å². The highest BCUT2D eigenvalue weighted by Crippen LogP contribution is 2.26. The number of carbonyl (C=O) groups excluding carboxylic acids is 5. The number of primary amides is 1. The molecule has 0 saturated carbocycles. The molecule has 0 fully saturated rings. The van der Waals surface area contributed by atoms with Crippen LogP contribution in [-0.4, -0.2) is 40.7 Å². The van der Waals surface area contributed by atoms with Gasteiger partial charge in [0.15, 0.2) is 6.10 Å². The molecule has 1 aliphatic heterocycles. The molecule has 29 heavy (non-hydrogen) atoms. The van der Waals surface area contributed by atoms with Gasteiger partial charge < -0.3 is 10.5 Å². The Morgan fingerprint density at radius 2 is 1.69 bits per heavy atom. The average molecular weight is 395 g/mol. The van der Waals surface area contributed by atoms with Crippen LogP contribution >= 0.6 is 0 Å². The van der Waals surface area contributed by atoms with E-state index in [1.165, 1.54) is 25.1 Å². The van der Waals surface area contributed by atoms with Crippen LogP contribution in [0.4, 0.5) is 4.79 Å². The topological polar surface area (TPSA) is 136 Å². The maximum atomic E-state index is 12.7. The Morgan fingerprint density at radius 3 is 2.34 bits per heavy atom. The largest absolute Gasteiger partial charge is 0.449 e. The summed E-state index contributed by atoms with van der Waals surface area (Å²) < 4.78 is 4.97. The van der Waals surface area contributed by atoms with Crippen LogP contribution in [0.3, 0.4) is 0 Å². The number of nitrogens with two attached hydrogens (primary N) is 1. The molecule has 0 saturated heterocycles. The smallest absolute Gasteiger partial charge is 0.338 e. The van der Waals surface area contributed by atoms with Crippen molar-refractivity contribution >= 4 is 29.7 Å².